The molecule has 0 bridgehead atoms. The molecule has 0 saturated carbocycles. The van der Waals surface area contributed by atoms with E-state index in [1.807, 2.05) is 42.9 Å². The van der Waals surface area contributed by atoms with Crippen LogP contribution >= 0.6 is 22.9 Å². The summed E-state index contributed by atoms with van der Waals surface area (Å²) in [6, 6.07) is 11.3. The number of likely N-dealkylation sites (tertiary alicyclic amines) is 1. The van der Waals surface area contributed by atoms with E-state index in [0.717, 1.165) is 35.2 Å². The molecule has 5 rings (SSSR count). The van der Waals surface area contributed by atoms with Crippen molar-refractivity contribution in [2.24, 2.45) is 7.05 Å². The molecule has 35 heavy (non-hydrogen) atoms. The van der Waals surface area contributed by atoms with Crippen LogP contribution in [-0.4, -0.2) is 69.3 Å². The summed E-state index contributed by atoms with van der Waals surface area (Å²) in [6.07, 6.45) is 1.37. The molecule has 1 saturated heterocycles. The molecule has 3 heterocycles. The number of carbonyl (C=O) groups is 2. The number of imidazole rings is 1. The number of ketones is 1. The van der Waals surface area contributed by atoms with E-state index in [9.17, 15) is 9.59 Å². The highest BCUT2D eigenvalue weighted by Crippen LogP contribution is 2.31. The average Bonchev–Trinajstić information content (AvgIpc) is 3.53. The third kappa shape index (κ3) is 4.89. The van der Waals surface area contributed by atoms with Crippen LogP contribution < -0.4 is 5.32 Å². The van der Waals surface area contributed by atoms with Crippen molar-refractivity contribution in [2.75, 3.05) is 32.5 Å². The van der Waals surface area contributed by atoms with E-state index in [2.05, 4.69) is 27.2 Å². The maximum absolute atomic E-state index is 12.9. The molecule has 1 aliphatic heterocycles. The van der Waals surface area contributed by atoms with Gasteiger partial charge in [0.2, 0.25) is 11.9 Å². The number of carbonyl (C=O) groups excluding carboxylic acids is 2. The van der Waals surface area contributed by atoms with Crippen LogP contribution in [0.4, 0.5) is 11.1 Å². The summed E-state index contributed by atoms with van der Waals surface area (Å²) in [5.41, 5.74) is 3.04. The molecule has 10 heteroatoms. The molecule has 1 N–H and O–H groups in total. The highest BCUT2D eigenvalue weighted by atomic mass is 35.5. The van der Waals surface area contributed by atoms with Gasteiger partial charge in [-0.15, -0.1) is 0 Å². The molecule has 8 nitrogen and oxygen atoms in total. The van der Waals surface area contributed by atoms with E-state index in [-0.39, 0.29) is 30.6 Å². The summed E-state index contributed by atoms with van der Waals surface area (Å²) >= 11 is 7.59. The zero-order valence-electron chi connectivity index (χ0n) is 19.9. The first-order valence-corrected chi connectivity index (χ1v) is 12.7. The van der Waals surface area contributed by atoms with Crippen molar-refractivity contribution in [1.29, 1.82) is 0 Å². The smallest absolute Gasteiger partial charge is 0.223 e. The Morgan fingerprint density at radius 1 is 1.14 bits per heavy atom. The fourth-order valence-corrected chi connectivity index (χ4v) is 5.64. The Kier molecular flexibility index (Phi) is 6.48. The fourth-order valence-electron chi connectivity index (χ4n) is 4.51. The van der Waals surface area contributed by atoms with Crippen LogP contribution in [0.3, 0.4) is 0 Å². The molecule has 1 aliphatic rings. The van der Waals surface area contributed by atoms with E-state index in [0.29, 0.717) is 27.2 Å². The molecule has 0 spiro atoms. The van der Waals surface area contributed by atoms with Crippen molar-refractivity contribution in [3.8, 4) is 0 Å². The fraction of sp³-hybridized carbons (Fsp3) is 0.360. The zero-order chi connectivity index (χ0) is 24.7. The monoisotopic (exact) mass is 510 g/mol. The van der Waals surface area contributed by atoms with Crippen LogP contribution in [0.25, 0.3) is 21.3 Å². The molecule has 1 fully saturated rings. The van der Waals surface area contributed by atoms with E-state index >= 15 is 0 Å². The van der Waals surface area contributed by atoms with Crippen molar-refractivity contribution in [3.05, 3.63) is 47.0 Å². The normalized spacial score (nSPS) is 16.3. The minimum Gasteiger partial charge on any atom is -0.341 e. The highest BCUT2D eigenvalue weighted by molar-refractivity contribution is 7.22. The van der Waals surface area contributed by atoms with Gasteiger partial charge in [0.05, 0.1) is 21.3 Å². The predicted octanol–water partition coefficient (Wildman–Crippen LogP) is 4.71. The van der Waals surface area contributed by atoms with Crippen LogP contribution in [0.2, 0.25) is 5.02 Å². The SMILES string of the molecule is CN1CCC(N(C)C(=O)CCC(=O)c2ccc3c(c2)nc(Nc2nc4ccc(Cl)cc4s2)n3C)C1. The second-order valence-corrected chi connectivity index (χ2v) is 10.6. The Labute approximate surface area is 212 Å². The van der Waals surface area contributed by atoms with Gasteiger partial charge in [0, 0.05) is 50.1 Å². The van der Waals surface area contributed by atoms with Gasteiger partial charge < -0.3 is 19.7 Å². The first kappa shape index (κ1) is 23.7. The van der Waals surface area contributed by atoms with Gasteiger partial charge >= 0.3 is 0 Å². The number of thiazole rings is 1. The van der Waals surface area contributed by atoms with Gasteiger partial charge in [0.1, 0.15) is 0 Å². The molecular weight excluding hydrogens is 484 g/mol. The molecule has 0 radical (unpaired) electrons. The minimum absolute atomic E-state index is 0.0150. The Balaban J connectivity index is 1.27. The summed E-state index contributed by atoms with van der Waals surface area (Å²) < 4.78 is 2.92. The Morgan fingerprint density at radius 3 is 2.74 bits per heavy atom. The third-order valence-electron chi connectivity index (χ3n) is 6.65. The van der Waals surface area contributed by atoms with Crippen LogP contribution in [0, 0.1) is 0 Å². The minimum atomic E-state index is -0.0552. The number of Topliss-reactive ketones (excluding diaryl/α,β-unsaturated/α-hetero) is 1. The van der Waals surface area contributed by atoms with Crippen molar-refractivity contribution in [1.82, 2.24) is 24.3 Å². The third-order valence-corrected chi connectivity index (χ3v) is 7.81. The standard InChI is InChI=1S/C25H27ClN6O2S/c1-30-11-10-17(14-30)31(2)23(34)9-8-21(33)15-4-7-20-19(12-15)27-24(32(20)3)29-25-28-18-6-5-16(26)13-22(18)35-25/h4-7,12-13,17H,8-11,14H2,1-3H3,(H,27,28,29). The number of likely N-dealkylation sites (N-methyl/N-ethyl adjacent to an activating group) is 2. The van der Waals surface area contributed by atoms with Crippen LogP contribution in [0.5, 0.6) is 0 Å². The van der Waals surface area contributed by atoms with E-state index in [1.54, 1.807) is 17.0 Å². The van der Waals surface area contributed by atoms with E-state index in [1.165, 1.54) is 11.3 Å². The lowest BCUT2D eigenvalue weighted by molar-refractivity contribution is -0.131. The summed E-state index contributed by atoms with van der Waals surface area (Å²) in [5, 5.41) is 4.67. The molecule has 2 aromatic carbocycles. The number of hydrogen-bond acceptors (Lipinski definition) is 7. The van der Waals surface area contributed by atoms with Gasteiger partial charge in [0.15, 0.2) is 10.9 Å². The number of hydrogen-bond donors (Lipinski definition) is 1. The molecule has 1 atom stereocenters. The number of rotatable bonds is 7. The van der Waals surface area contributed by atoms with Gasteiger partial charge in [-0.3, -0.25) is 9.59 Å². The first-order chi connectivity index (χ1) is 16.8. The van der Waals surface area contributed by atoms with Crippen LogP contribution in [0.15, 0.2) is 36.4 Å². The number of amides is 1. The average molecular weight is 511 g/mol. The summed E-state index contributed by atoms with van der Waals surface area (Å²) in [5.74, 6) is 0.592. The van der Waals surface area contributed by atoms with E-state index in [4.69, 9.17) is 11.6 Å². The predicted molar refractivity (Wildman–Crippen MR) is 141 cm³/mol. The van der Waals surface area contributed by atoms with Crippen molar-refractivity contribution in [2.45, 2.75) is 25.3 Å². The Bertz CT molecular complexity index is 1430. The lowest BCUT2D eigenvalue weighted by atomic mass is 10.1. The van der Waals surface area contributed by atoms with Crippen LogP contribution in [0.1, 0.15) is 29.6 Å². The topological polar surface area (TPSA) is 83.4 Å². The maximum Gasteiger partial charge on any atom is 0.223 e. The van der Waals surface area contributed by atoms with Crippen LogP contribution in [-0.2, 0) is 11.8 Å². The summed E-state index contributed by atoms with van der Waals surface area (Å²) in [4.78, 5) is 38.8. The summed E-state index contributed by atoms with van der Waals surface area (Å²) in [6.45, 7) is 1.88. The Hall–Kier alpha value is -3.01. The maximum atomic E-state index is 12.9. The van der Waals surface area contributed by atoms with Crippen molar-refractivity contribution >= 4 is 67.0 Å². The second kappa shape index (κ2) is 9.56. The number of aromatic nitrogens is 3. The molecule has 4 aromatic rings. The zero-order valence-corrected chi connectivity index (χ0v) is 21.5. The quantitative estimate of drug-likeness (QED) is 0.363. The van der Waals surface area contributed by atoms with Crippen molar-refractivity contribution in [3.63, 3.8) is 0 Å². The number of halogens is 1. The molecule has 182 valence electrons. The van der Waals surface area contributed by atoms with Gasteiger partial charge in [0.25, 0.3) is 0 Å². The second-order valence-electron chi connectivity index (χ2n) is 9.09. The van der Waals surface area contributed by atoms with Gasteiger partial charge in [-0.25, -0.2) is 9.97 Å². The lowest BCUT2D eigenvalue weighted by Crippen LogP contribution is -2.38. The molecule has 1 unspecified atom stereocenters. The van der Waals surface area contributed by atoms with E-state index < -0.39 is 0 Å². The highest BCUT2D eigenvalue weighted by Gasteiger charge is 2.26. The number of fused-ring (bicyclic) bond motifs is 2. The van der Waals surface area contributed by atoms with Crippen molar-refractivity contribution < 1.29 is 9.59 Å². The molecule has 1 amide bonds. The first-order valence-electron chi connectivity index (χ1n) is 11.6. The van der Waals surface area contributed by atoms with Gasteiger partial charge in [-0.1, -0.05) is 22.9 Å². The molecule has 0 aliphatic carbocycles. The lowest BCUT2D eigenvalue weighted by Gasteiger charge is -2.24. The largest absolute Gasteiger partial charge is 0.341 e. The number of aryl methyl sites for hydroxylation is 1. The number of nitrogens with one attached hydrogen (secondary N) is 1. The number of benzene rings is 2. The number of anilines is 2. The molecule has 2 aromatic heterocycles. The molecular formula is C25H27ClN6O2S. The van der Waals surface area contributed by atoms with Gasteiger partial charge in [-0.05, 0) is 56.4 Å². The number of nitrogens with zero attached hydrogens (tertiary/aromatic N) is 5. The van der Waals surface area contributed by atoms with Gasteiger partial charge in [-0.2, -0.15) is 0 Å². The summed E-state index contributed by atoms with van der Waals surface area (Å²) in [7, 11) is 5.81. The Morgan fingerprint density at radius 2 is 1.97 bits per heavy atom.